The Hall–Kier alpha value is -2.19. The molecule has 1 aliphatic rings. The first-order valence-electron chi connectivity index (χ1n) is 9.52. The van der Waals surface area contributed by atoms with Gasteiger partial charge < -0.3 is 5.32 Å². The van der Waals surface area contributed by atoms with Crippen LogP contribution in [0.15, 0.2) is 49.1 Å². The molecule has 2 heterocycles. The SMILES string of the molecule is C=CCNC(=O)NC(=O)CN1CCN(Cc2ccc(-c3ccccc3Cl)s2)CC1. The number of rotatable bonds is 7. The predicted octanol–water partition coefficient (Wildman–Crippen LogP) is 3.20. The number of nitrogens with one attached hydrogen (secondary N) is 2. The van der Waals surface area contributed by atoms with Crippen molar-refractivity contribution in [3.63, 3.8) is 0 Å². The molecule has 29 heavy (non-hydrogen) atoms. The molecule has 1 saturated heterocycles. The molecule has 6 nitrogen and oxygen atoms in total. The number of carbonyl (C=O) groups is 2. The second kappa shape index (κ2) is 10.5. The molecule has 3 rings (SSSR count). The highest BCUT2D eigenvalue weighted by molar-refractivity contribution is 7.15. The van der Waals surface area contributed by atoms with Gasteiger partial charge in [-0.1, -0.05) is 35.9 Å². The van der Waals surface area contributed by atoms with E-state index < -0.39 is 6.03 Å². The van der Waals surface area contributed by atoms with Gasteiger partial charge in [-0.2, -0.15) is 0 Å². The maximum absolute atomic E-state index is 12.0. The Bertz CT molecular complexity index is 862. The largest absolute Gasteiger partial charge is 0.334 e. The number of thiophene rings is 1. The monoisotopic (exact) mass is 432 g/mol. The summed E-state index contributed by atoms with van der Waals surface area (Å²) in [7, 11) is 0. The van der Waals surface area contributed by atoms with Crippen LogP contribution in [0.4, 0.5) is 4.79 Å². The van der Waals surface area contributed by atoms with Gasteiger partial charge in [0.2, 0.25) is 5.91 Å². The predicted molar refractivity (Wildman–Crippen MR) is 118 cm³/mol. The molecule has 0 atom stereocenters. The summed E-state index contributed by atoms with van der Waals surface area (Å²) in [5.41, 5.74) is 1.07. The number of amides is 3. The zero-order valence-electron chi connectivity index (χ0n) is 16.2. The molecule has 0 saturated carbocycles. The number of piperazine rings is 1. The smallest absolute Gasteiger partial charge is 0.321 e. The van der Waals surface area contributed by atoms with E-state index in [1.54, 1.807) is 17.4 Å². The van der Waals surface area contributed by atoms with Crippen molar-refractivity contribution in [1.82, 2.24) is 20.4 Å². The molecule has 3 amide bonds. The number of hydrogen-bond donors (Lipinski definition) is 2. The number of benzene rings is 1. The molecule has 0 spiro atoms. The molecular weight excluding hydrogens is 408 g/mol. The first kappa shape index (κ1) is 21.5. The summed E-state index contributed by atoms with van der Waals surface area (Å²) in [6.07, 6.45) is 1.56. The van der Waals surface area contributed by atoms with Gasteiger partial charge in [0.25, 0.3) is 0 Å². The molecule has 154 valence electrons. The van der Waals surface area contributed by atoms with Crippen molar-refractivity contribution in [2.75, 3.05) is 39.3 Å². The van der Waals surface area contributed by atoms with E-state index >= 15 is 0 Å². The normalized spacial score (nSPS) is 15.1. The summed E-state index contributed by atoms with van der Waals surface area (Å²) in [6, 6.07) is 11.7. The van der Waals surface area contributed by atoms with Crippen LogP contribution in [-0.2, 0) is 11.3 Å². The van der Waals surface area contributed by atoms with Gasteiger partial charge in [0.15, 0.2) is 0 Å². The Morgan fingerprint density at radius 3 is 2.55 bits per heavy atom. The molecule has 0 bridgehead atoms. The van der Waals surface area contributed by atoms with E-state index in [4.69, 9.17) is 11.6 Å². The van der Waals surface area contributed by atoms with E-state index in [0.717, 1.165) is 43.3 Å². The number of carbonyl (C=O) groups excluding carboxylic acids is 2. The average Bonchev–Trinajstić information content (AvgIpc) is 3.16. The fourth-order valence-electron chi connectivity index (χ4n) is 3.17. The van der Waals surface area contributed by atoms with Crippen LogP contribution in [0.5, 0.6) is 0 Å². The minimum atomic E-state index is -0.486. The lowest BCUT2D eigenvalue weighted by Crippen LogP contribution is -2.50. The van der Waals surface area contributed by atoms with E-state index in [9.17, 15) is 9.59 Å². The van der Waals surface area contributed by atoms with Crippen LogP contribution in [0, 0.1) is 0 Å². The van der Waals surface area contributed by atoms with Crippen molar-refractivity contribution in [3.8, 4) is 10.4 Å². The third kappa shape index (κ3) is 6.40. The molecule has 0 unspecified atom stereocenters. The Balaban J connectivity index is 1.43. The molecular formula is C21H25ClN4O2S. The van der Waals surface area contributed by atoms with Crippen LogP contribution in [0.25, 0.3) is 10.4 Å². The molecule has 0 radical (unpaired) electrons. The van der Waals surface area contributed by atoms with Gasteiger partial charge in [0.05, 0.1) is 6.54 Å². The van der Waals surface area contributed by atoms with Crippen LogP contribution in [0.1, 0.15) is 4.88 Å². The fourth-order valence-corrected chi connectivity index (χ4v) is 4.56. The Labute approximate surface area is 180 Å². The summed E-state index contributed by atoms with van der Waals surface area (Å²) < 4.78 is 0. The van der Waals surface area contributed by atoms with Crippen molar-refractivity contribution in [3.05, 3.63) is 59.0 Å². The fraction of sp³-hybridized carbons (Fsp3) is 0.333. The summed E-state index contributed by atoms with van der Waals surface area (Å²) in [5.74, 6) is -0.289. The van der Waals surface area contributed by atoms with Crippen molar-refractivity contribution in [2.24, 2.45) is 0 Å². The second-order valence-corrected chi connectivity index (χ2v) is 8.42. The van der Waals surface area contributed by atoms with Crippen LogP contribution in [0.3, 0.4) is 0 Å². The maximum atomic E-state index is 12.0. The van der Waals surface area contributed by atoms with E-state index in [-0.39, 0.29) is 12.5 Å². The molecule has 1 aromatic heterocycles. The van der Waals surface area contributed by atoms with E-state index in [1.807, 2.05) is 24.3 Å². The lowest BCUT2D eigenvalue weighted by Gasteiger charge is -2.33. The van der Waals surface area contributed by atoms with E-state index in [2.05, 4.69) is 39.1 Å². The summed E-state index contributed by atoms with van der Waals surface area (Å²) >= 11 is 8.07. The van der Waals surface area contributed by atoms with Gasteiger partial charge in [-0.05, 0) is 18.2 Å². The van der Waals surface area contributed by atoms with Crippen molar-refractivity contribution >= 4 is 34.9 Å². The standard InChI is InChI=1S/C21H25ClN4O2S/c1-2-9-23-21(28)24-20(27)15-26-12-10-25(11-13-26)14-16-7-8-19(29-16)17-5-3-4-6-18(17)22/h2-8H,1,9-15H2,(H2,23,24,27,28). The number of hydrogen-bond acceptors (Lipinski definition) is 5. The second-order valence-electron chi connectivity index (χ2n) is 6.84. The maximum Gasteiger partial charge on any atom is 0.321 e. The number of nitrogens with zero attached hydrogens (tertiary/aromatic N) is 2. The number of imide groups is 1. The zero-order chi connectivity index (χ0) is 20.6. The Morgan fingerprint density at radius 2 is 1.83 bits per heavy atom. The quantitative estimate of drug-likeness (QED) is 0.659. The van der Waals surface area contributed by atoms with E-state index in [0.29, 0.717) is 6.54 Å². The molecule has 2 N–H and O–H groups in total. The van der Waals surface area contributed by atoms with Crippen LogP contribution in [-0.4, -0.2) is 61.0 Å². The molecule has 0 aliphatic carbocycles. The number of urea groups is 1. The first-order valence-corrected chi connectivity index (χ1v) is 10.7. The zero-order valence-corrected chi connectivity index (χ0v) is 17.8. The Morgan fingerprint density at radius 1 is 1.10 bits per heavy atom. The minimum absolute atomic E-state index is 0.227. The topological polar surface area (TPSA) is 64.7 Å². The third-order valence-electron chi connectivity index (χ3n) is 4.67. The lowest BCUT2D eigenvalue weighted by atomic mass is 10.2. The van der Waals surface area contributed by atoms with Gasteiger partial charge in [-0.25, -0.2) is 4.79 Å². The molecule has 1 aliphatic heterocycles. The number of halogens is 1. The molecule has 8 heteroatoms. The lowest BCUT2D eigenvalue weighted by molar-refractivity contribution is -0.121. The highest BCUT2D eigenvalue weighted by atomic mass is 35.5. The van der Waals surface area contributed by atoms with Crippen LogP contribution >= 0.6 is 22.9 Å². The summed E-state index contributed by atoms with van der Waals surface area (Å²) in [5, 5.41) is 5.63. The van der Waals surface area contributed by atoms with Crippen molar-refractivity contribution < 1.29 is 9.59 Å². The van der Waals surface area contributed by atoms with Crippen molar-refractivity contribution in [2.45, 2.75) is 6.54 Å². The Kier molecular flexibility index (Phi) is 7.83. The third-order valence-corrected chi connectivity index (χ3v) is 6.11. The highest BCUT2D eigenvalue weighted by Gasteiger charge is 2.20. The van der Waals surface area contributed by atoms with Gasteiger partial charge in [-0.3, -0.25) is 19.9 Å². The average molecular weight is 433 g/mol. The molecule has 1 aromatic carbocycles. The minimum Gasteiger partial charge on any atom is -0.334 e. The van der Waals surface area contributed by atoms with Gasteiger partial charge >= 0.3 is 6.03 Å². The van der Waals surface area contributed by atoms with Crippen LogP contribution in [0.2, 0.25) is 5.02 Å². The van der Waals surface area contributed by atoms with Gasteiger partial charge in [-0.15, -0.1) is 17.9 Å². The van der Waals surface area contributed by atoms with Crippen LogP contribution < -0.4 is 10.6 Å². The first-order chi connectivity index (χ1) is 14.0. The summed E-state index contributed by atoms with van der Waals surface area (Å²) in [6.45, 7) is 8.33. The molecule has 1 fully saturated rings. The van der Waals surface area contributed by atoms with Gasteiger partial charge in [0.1, 0.15) is 0 Å². The van der Waals surface area contributed by atoms with Crippen molar-refractivity contribution in [1.29, 1.82) is 0 Å². The molecule has 2 aromatic rings. The van der Waals surface area contributed by atoms with E-state index in [1.165, 1.54) is 9.75 Å². The summed E-state index contributed by atoms with van der Waals surface area (Å²) in [4.78, 5) is 30.4. The highest BCUT2D eigenvalue weighted by Crippen LogP contribution is 2.33. The van der Waals surface area contributed by atoms with Gasteiger partial charge in [0, 0.05) is 59.6 Å².